The maximum Gasteiger partial charge on any atom is 0.0498 e. The highest BCUT2D eigenvalue weighted by molar-refractivity contribution is 5.09. The van der Waals surface area contributed by atoms with Crippen LogP contribution in [0.1, 0.15) is 46.0 Å². The molecule has 0 amide bonds. The minimum atomic E-state index is 0.294. The minimum absolute atomic E-state index is 0.294. The van der Waals surface area contributed by atoms with Crippen molar-refractivity contribution in [1.82, 2.24) is 9.80 Å². The Morgan fingerprint density at radius 1 is 1.24 bits per heavy atom. The van der Waals surface area contributed by atoms with Gasteiger partial charge in [-0.25, -0.2) is 0 Å². The van der Waals surface area contributed by atoms with Crippen LogP contribution in [-0.2, 0) is 0 Å². The van der Waals surface area contributed by atoms with Crippen LogP contribution in [0.5, 0.6) is 0 Å². The molecule has 0 bridgehead atoms. The fourth-order valence-electron chi connectivity index (χ4n) is 4.04. The van der Waals surface area contributed by atoms with E-state index in [9.17, 15) is 0 Å². The monoisotopic (exact) mass is 239 g/mol. The molecule has 3 nitrogen and oxygen atoms in total. The van der Waals surface area contributed by atoms with E-state index in [-0.39, 0.29) is 0 Å². The van der Waals surface area contributed by atoms with Crippen LogP contribution in [0.2, 0.25) is 0 Å². The molecule has 0 aromatic rings. The van der Waals surface area contributed by atoms with Gasteiger partial charge in [-0.1, -0.05) is 13.8 Å². The number of nitrogens with two attached hydrogens (primary N) is 1. The van der Waals surface area contributed by atoms with Crippen LogP contribution in [0.25, 0.3) is 0 Å². The van der Waals surface area contributed by atoms with Crippen molar-refractivity contribution in [1.29, 1.82) is 0 Å². The summed E-state index contributed by atoms with van der Waals surface area (Å²) >= 11 is 0. The molecule has 17 heavy (non-hydrogen) atoms. The van der Waals surface area contributed by atoms with E-state index in [0.29, 0.717) is 5.54 Å². The molecule has 0 radical (unpaired) electrons. The third-order valence-corrected chi connectivity index (χ3v) is 4.79. The molecular formula is C14H29N3. The summed E-state index contributed by atoms with van der Waals surface area (Å²) in [5.74, 6) is 0. The van der Waals surface area contributed by atoms with Gasteiger partial charge in [-0.05, 0) is 51.7 Å². The Balaban J connectivity index is 2.16. The largest absolute Gasteiger partial charge is 0.329 e. The van der Waals surface area contributed by atoms with Crippen molar-refractivity contribution < 1.29 is 0 Å². The molecule has 2 fully saturated rings. The first-order chi connectivity index (χ1) is 8.28. The first kappa shape index (κ1) is 13.3. The summed E-state index contributed by atoms with van der Waals surface area (Å²) in [4.78, 5) is 5.40. The van der Waals surface area contributed by atoms with Gasteiger partial charge in [-0.15, -0.1) is 0 Å². The predicted molar refractivity (Wildman–Crippen MR) is 73.2 cm³/mol. The van der Waals surface area contributed by atoms with Crippen LogP contribution in [0.15, 0.2) is 0 Å². The van der Waals surface area contributed by atoms with Gasteiger partial charge in [0.2, 0.25) is 0 Å². The third kappa shape index (κ3) is 2.25. The molecule has 2 atom stereocenters. The lowest BCUT2D eigenvalue weighted by atomic mass is 9.86. The second-order valence-electron chi connectivity index (χ2n) is 5.74. The lowest BCUT2D eigenvalue weighted by molar-refractivity contribution is 0.0648. The zero-order chi connectivity index (χ0) is 12.3. The Bertz CT molecular complexity index is 238. The second-order valence-corrected chi connectivity index (χ2v) is 5.74. The van der Waals surface area contributed by atoms with Crippen molar-refractivity contribution in [2.75, 3.05) is 32.7 Å². The predicted octanol–water partition coefficient (Wildman–Crippen LogP) is 1.67. The summed E-state index contributed by atoms with van der Waals surface area (Å²) in [6.45, 7) is 10.4. The number of rotatable bonds is 6. The van der Waals surface area contributed by atoms with E-state index >= 15 is 0 Å². The smallest absolute Gasteiger partial charge is 0.0498 e. The quantitative estimate of drug-likeness (QED) is 0.765. The average Bonchev–Trinajstić information content (AvgIpc) is 2.90. The highest BCUT2D eigenvalue weighted by Crippen LogP contribution is 2.39. The molecule has 0 aromatic heterocycles. The highest BCUT2D eigenvalue weighted by Gasteiger charge is 2.50. The molecule has 3 heteroatoms. The summed E-state index contributed by atoms with van der Waals surface area (Å²) < 4.78 is 0. The van der Waals surface area contributed by atoms with Crippen LogP contribution in [0.4, 0.5) is 0 Å². The lowest BCUT2D eigenvalue weighted by Crippen LogP contribution is -2.60. The van der Waals surface area contributed by atoms with Crippen molar-refractivity contribution in [3.8, 4) is 0 Å². The Labute approximate surface area is 106 Å². The van der Waals surface area contributed by atoms with Gasteiger partial charge in [0.05, 0.1) is 0 Å². The Morgan fingerprint density at radius 2 is 1.94 bits per heavy atom. The normalized spacial score (nSPS) is 33.5. The van der Waals surface area contributed by atoms with Gasteiger partial charge in [0.1, 0.15) is 0 Å². The number of nitrogens with zero attached hydrogens (tertiary/aromatic N) is 2. The fraction of sp³-hybridized carbons (Fsp3) is 1.00. The molecule has 0 aliphatic carbocycles. The van der Waals surface area contributed by atoms with E-state index in [0.717, 1.165) is 12.6 Å². The molecule has 0 spiro atoms. The molecule has 2 rings (SSSR count). The van der Waals surface area contributed by atoms with E-state index in [2.05, 4.69) is 23.6 Å². The molecule has 2 aliphatic heterocycles. The Kier molecular flexibility index (Phi) is 4.45. The van der Waals surface area contributed by atoms with Crippen molar-refractivity contribution in [3.63, 3.8) is 0 Å². The van der Waals surface area contributed by atoms with Crippen molar-refractivity contribution in [3.05, 3.63) is 0 Å². The topological polar surface area (TPSA) is 32.5 Å². The molecule has 2 aliphatic rings. The van der Waals surface area contributed by atoms with Crippen LogP contribution in [-0.4, -0.2) is 54.1 Å². The summed E-state index contributed by atoms with van der Waals surface area (Å²) in [5.41, 5.74) is 6.51. The number of hydrogen-bond acceptors (Lipinski definition) is 3. The van der Waals surface area contributed by atoms with Crippen molar-refractivity contribution in [2.45, 2.75) is 57.5 Å². The van der Waals surface area contributed by atoms with E-state index in [1.807, 2.05) is 0 Å². The van der Waals surface area contributed by atoms with Crippen LogP contribution < -0.4 is 5.73 Å². The van der Waals surface area contributed by atoms with Crippen molar-refractivity contribution in [2.24, 2.45) is 5.73 Å². The molecule has 0 aromatic carbocycles. The zero-order valence-corrected chi connectivity index (χ0v) is 11.6. The van der Waals surface area contributed by atoms with Crippen LogP contribution in [0.3, 0.4) is 0 Å². The Hall–Kier alpha value is -0.120. The molecular weight excluding hydrogens is 210 g/mol. The van der Waals surface area contributed by atoms with E-state index < -0.39 is 0 Å². The van der Waals surface area contributed by atoms with Crippen LogP contribution >= 0.6 is 0 Å². The third-order valence-electron chi connectivity index (χ3n) is 4.79. The Morgan fingerprint density at radius 3 is 2.53 bits per heavy atom. The van der Waals surface area contributed by atoms with Gasteiger partial charge in [-0.2, -0.15) is 0 Å². The maximum atomic E-state index is 6.22. The van der Waals surface area contributed by atoms with Gasteiger partial charge in [0, 0.05) is 24.7 Å². The first-order valence-corrected chi connectivity index (χ1v) is 7.47. The van der Waals surface area contributed by atoms with E-state index in [1.54, 1.807) is 0 Å². The summed E-state index contributed by atoms with van der Waals surface area (Å²) in [7, 11) is 0. The second kappa shape index (κ2) is 5.68. The molecule has 2 N–H and O–H groups in total. The maximum absolute atomic E-state index is 6.22. The molecule has 100 valence electrons. The zero-order valence-electron chi connectivity index (χ0n) is 11.6. The first-order valence-electron chi connectivity index (χ1n) is 7.47. The van der Waals surface area contributed by atoms with E-state index in [4.69, 9.17) is 5.73 Å². The van der Waals surface area contributed by atoms with Gasteiger partial charge in [-0.3, -0.25) is 9.80 Å². The van der Waals surface area contributed by atoms with Crippen molar-refractivity contribution >= 4 is 0 Å². The summed E-state index contributed by atoms with van der Waals surface area (Å²) in [5, 5.41) is 0. The average molecular weight is 239 g/mol. The number of fused-ring (bicyclic) bond motifs is 1. The van der Waals surface area contributed by atoms with Gasteiger partial charge in [0.15, 0.2) is 0 Å². The summed E-state index contributed by atoms with van der Waals surface area (Å²) in [6.07, 6.45) is 6.51. The molecule has 2 heterocycles. The minimum Gasteiger partial charge on any atom is -0.329 e. The molecule has 2 saturated heterocycles. The molecule has 2 unspecified atom stereocenters. The van der Waals surface area contributed by atoms with Gasteiger partial charge < -0.3 is 5.73 Å². The lowest BCUT2D eigenvalue weighted by Gasteiger charge is -2.44. The standard InChI is InChI=1S/C14H29N3/c1-3-8-17(9-4-2)14(12-15)7-11-16-10-5-6-13(14)16/h13H,3-12,15H2,1-2H3. The van der Waals surface area contributed by atoms with Gasteiger partial charge in [0.25, 0.3) is 0 Å². The highest BCUT2D eigenvalue weighted by atomic mass is 15.3. The fourth-order valence-corrected chi connectivity index (χ4v) is 4.04. The SMILES string of the molecule is CCCN(CCC)C1(CN)CCN2CCCC21. The molecule has 0 saturated carbocycles. The van der Waals surface area contributed by atoms with E-state index in [1.165, 1.54) is 58.3 Å². The van der Waals surface area contributed by atoms with Gasteiger partial charge >= 0.3 is 0 Å². The van der Waals surface area contributed by atoms with Crippen LogP contribution in [0, 0.1) is 0 Å². The summed E-state index contributed by atoms with van der Waals surface area (Å²) in [6, 6.07) is 0.741. The number of hydrogen-bond donors (Lipinski definition) is 1.